The summed E-state index contributed by atoms with van der Waals surface area (Å²) in [5, 5.41) is 8.45. The quantitative estimate of drug-likeness (QED) is 0.121. The summed E-state index contributed by atoms with van der Waals surface area (Å²) < 4.78 is 13.0. The number of ether oxygens (including phenoxy) is 2. The van der Waals surface area contributed by atoms with Gasteiger partial charge in [0.1, 0.15) is 11.5 Å². The molecule has 3 N–H and O–H groups in total. The van der Waals surface area contributed by atoms with Crippen molar-refractivity contribution in [1.29, 1.82) is 0 Å². The first-order valence-corrected chi connectivity index (χ1v) is 21.7. The number of hydrogen-bond acceptors (Lipinski definition) is 10. The molecule has 8 rings (SSSR count). The van der Waals surface area contributed by atoms with Crippen LogP contribution in [0.1, 0.15) is 46.4 Å². The van der Waals surface area contributed by atoms with E-state index in [9.17, 15) is 19.2 Å². The van der Waals surface area contributed by atoms with Crippen LogP contribution < -0.4 is 20.1 Å². The van der Waals surface area contributed by atoms with E-state index in [4.69, 9.17) is 9.47 Å². The van der Waals surface area contributed by atoms with Crippen LogP contribution in [0.4, 0.5) is 21.0 Å². The number of nitrogens with zero attached hydrogens (tertiary/aromatic N) is 5. The lowest BCUT2D eigenvalue weighted by atomic mass is 10.1. The number of anilines is 2. The summed E-state index contributed by atoms with van der Waals surface area (Å²) in [7, 11) is 1.99. The Morgan fingerprint density at radius 1 is 0.607 bits per heavy atom. The van der Waals surface area contributed by atoms with Gasteiger partial charge in [-0.3, -0.25) is 9.59 Å². The van der Waals surface area contributed by atoms with E-state index in [2.05, 4.69) is 25.6 Å². The number of rotatable bonds is 10. The van der Waals surface area contributed by atoms with E-state index < -0.39 is 0 Å². The molecule has 4 amide bonds. The molecule has 0 unspecified atom stereocenters. The number of piperidine rings is 2. The zero-order valence-electron chi connectivity index (χ0n) is 33.5. The van der Waals surface area contributed by atoms with Gasteiger partial charge in [-0.25, -0.2) is 19.6 Å². The number of aryl methyl sites for hydroxylation is 1. The lowest BCUT2D eigenvalue weighted by Gasteiger charge is -2.30. The minimum absolute atomic E-state index is 0.184. The number of aromatic nitrogens is 4. The number of thioether (sulfide) groups is 2. The van der Waals surface area contributed by atoms with Crippen molar-refractivity contribution in [2.75, 3.05) is 36.8 Å². The van der Waals surface area contributed by atoms with Gasteiger partial charge < -0.3 is 39.5 Å². The third-order valence-corrected chi connectivity index (χ3v) is 12.6. The van der Waals surface area contributed by atoms with Gasteiger partial charge in [0.25, 0.3) is 11.8 Å². The van der Waals surface area contributed by atoms with Crippen LogP contribution in [0.2, 0.25) is 0 Å². The van der Waals surface area contributed by atoms with Gasteiger partial charge in [0.2, 0.25) is 0 Å². The van der Waals surface area contributed by atoms with E-state index in [0.717, 1.165) is 36.0 Å². The van der Waals surface area contributed by atoms with Gasteiger partial charge in [-0.05, 0) is 98.5 Å². The van der Waals surface area contributed by atoms with Gasteiger partial charge in [-0.15, -0.1) is 0 Å². The first-order chi connectivity index (χ1) is 29.8. The molecule has 2 aliphatic rings. The van der Waals surface area contributed by atoms with E-state index in [1.165, 1.54) is 0 Å². The second-order valence-electron chi connectivity index (χ2n) is 14.2. The van der Waals surface area contributed by atoms with E-state index in [0.29, 0.717) is 70.7 Å². The molecule has 2 aromatic heterocycles. The van der Waals surface area contributed by atoms with Crippen molar-refractivity contribution in [2.24, 2.45) is 7.05 Å². The molecule has 0 radical (unpaired) electrons. The molecule has 4 aromatic carbocycles. The van der Waals surface area contributed by atoms with Crippen molar-refractivity contribution in [3.8, 4) is 11.5 Å². The molecule has 4 heterocycles. The summed E-state index contributed by atoms with van der Waals surface area (Å²) >= 11 is 3.47. The van der Waals surface area contributed by atoms with E-state index in [1.807, 2.05) is 60.4 Å². The number of hydrogen-bond donors (Lipinski definition) is 3. The summed E-state index contributed by atoms with van der Waals surface area (Å²) in [6.07, 6.45) is 10.2. The summed E-state index contributed by atoms with van der Waals surface area (Å²) in [5.41, 5.74) is 2.45. The van der Waals surface area contributed by atoms with Crippen LogP contribution in [0.25, 0.3) is 0 Å². The Labute approximate surface area is 362 Å². The van der Waals surface area contributed by atoms with Crippen LogP contribution in [-0.4, -0.2) is 90.0 Å². The minimum Gasteiger partial charge on any atom is -0.410 e. The molecule has 0 atom stereocenters. The van der Waals surface area contributed by atoms with Crippen molar-refractivity contribution in [3.63, 3.8) is 0 Å². The third kappa shape index (κ3) is 12.5. The number of aromatic amines is 1. The summed E-state index contributed by atoms with van der Waals surface area (Å²) in [4.78, 5) is 64.5. The second kappa shape index (κ2) is 21.1. The lowest BCUT2D eigenvalue weighted by Crippen LogP contribution is -2.40. The number of benzene rings is 4. The number of imidazole rings is 2. The molecular weight excluding hydrogens is 813 g/mol. The maximum absolute atomic E-state index is 12.5. The molecule has 2 fully saturated rings. The van der Waals surface area contributed by atoms with Crippen LogP contribution >= 0.6 is 23.5 Å². The van der Waals surface area contributed by atoms with Crippen molar-refractivity contribution in [1.82, 2.24) is 29.3 Å². The van der Waals surface area contributed by atoms with Crippen LogP contribution in [0.5, 0.6) is 11.5 Å². The smallest absolute Gasteiger partial charge is 0.410 e. The fourth-order valence-corrected chi connectivity index (χ4v) is 8.64. The molecule has 6 aromatic rings. The van der Waals surface area contributed by atoms with Gasteiger partial charge in [0.05, 0.1) is 0 Å². The van der Waals surface area contributed by atoms with Gasteiger partial charge in [-0.2, -0.15) is 0 Å². The average Bonchev–Trinajstić information content (AvgIpc) is 3.97. The zero-order chi connectivity index (χ0) is 42.4. The van der Waals surface area contributed by atoms with Gasteiger partial charge >= 0.3 is 12.2 Å². The second-order valence-corrected chi connectivity index (χ2v) is 16.8. The number of carbonyl (C=O) groups excluding carboxylic acids is 4. The summed E-state index contributed by atoms with van der Waals surface area (Å²) in [6, 6.07) is 31.6. The summed E-state index contributed by atoms with van der Waals surface area (Å²) in [5.74, 6) is 0.532. The molecule has 0 aliphatic carbocycles. The largest absolute Gasteiger partial charge is 0.415 e. The minimum atomic E-state index is -0.350. The van der Waals surface area contributed by atoms with Crippen LogP contribution in [0.3, 0.4) is 0 Å². The molecule has 2 saturated heterocycles. The zero-order valence-corrected chi connectivity index (χ0v) is 35.1. The standard InChI is InChI=1S/C23H24N4O3S.C22H22N4O3S/c1-26-16-13-24-22(26)31-20-11-14-27(15-12-20)23(29)30-19-9-7-18(8-10-19)25-21(28)17-5-3-2-4-6-17;27-20(16-4-2-1-3-5-16)25-17-6-8-18(9-7-17)29-22(28)26-14-10-19(11-15-26)30-21-23-12-13-24-21/h2-10,13,16,20H,11-12,14-15H2,1H3,(H,25,28);1-9,12-13,19H,10-11,14-15H2,(H,23,24)(H,25,27). The van der Waals surface area contributed by atoms with Crippen LogP contribution in [0, 0.1) is 0 Å². The molecule has 0 bridgehead atoms. The molecular formula is C45H46N8O6S2. The highest BCUT2D eigenvalue weighted by molar-refractivity contribution is 8.00. The highest BCUT2D eigenvalue weighted by Gasteiger charge is 2.27. The highest BCUT2D eigenvalue weighted by Crippen LogP contribution is 2.30. The lowest BCUT2D eigenvalue weighted by molar-refractivity contribution is 0.101. The number of H-pyrrole nitrogens is 1. The number of amides is 4. The van der Waals surface area contributed by atoms with Gasteiger partial charge in [0, 0.05) is 91.0 Å². The molecule has 16 heteroatoms. The Kier molecular flexibility index (Phi) is 14.8. The Morgan fingerprint density at radius 3 is 1.48 bits per heavy atom. The number of nitrogens with one attached hydrogen (secondary N) is 3. The number of carbonyl (C=O) groups is 4. The fourth-order valence-electron chi connectivity index (χ4n) is 6.53. The maximum atomic E-state index is 12.5. The predicted octanol–water partition coefficient (Wildman–Crippen LogP) is 8.85. The van der Waals surface area contributed by atoms with Gasteiger partial charge in [-0.1, -0.05) is 59.9 Å². The number of likely N-dealkylation sites (tertiary alicyclic amines) is 2. The Balaban J connectivity index is 0.000000184. The Morgan fingerprint density at radius 2 is 1.07 bits per heavy atom. The fraction of sp³-hybridized carbons (Fsp3) is 0.244. The van der Waals surface area contributed by atoms with Crippen molar-refractivity contribution in [2.45, 2.75) is 46.5 Å². The van der Waals surface area contributed by atoms with Gasteiger partial charge in [0.15, 0.2) is 10.3 Å². The van der Waals surface area contributed by atoms with Crippen molar-refractivity contribution >= 4 is 58.9 Å². The molecule has 2 aliphatic heterocycles. The first-order valence-electron chi connectivity index (χ1n) is 19.9. The molecule has 314 valence electrons. The third-order valence-electron chi connectivity index (χ3n) is 9.91. The SMILES string of the molecule is Cn1ccnc1SC1CCN(C(=O)Oc2ccc(NC(=O)c3ccccc3)cc2)CC1.O=C(Nc1ccc(OC(=O)N2CCC(Sc3ncc[nH]3)CC2)cc1)c1ccccc1. The first kappa shape index (κ1) is 42.6. The normalized spacial score (nSPS) is 14.3. The van der Waals surface area contributed by atoms with Crippen molar-refractivity contribution in [3.05, 3.63) is 145 Å². The Hall–Kier alpha value is -6.52. The highest BCUT2D eigenvalue weighted by atomic mass is 32.2. The summed E-state index contributed by atoms with van der Waals surface area (Å²) in [6.45, 7) is 2.63. The van der Waals surface area contributed by atoms with Crippen LogP contribution in [0.15, 0.2) is 144 Å². The molecule has 61 heavy (non-hydrogen) atoms. The monoisotopic (exact) mass is 858 g/mol. The van der Waals surface area contributed by atoms with E-state index in [1.54, 1.807) is 119 Å². The predicted molar refractivity (Wildman–Crippen MR) is 236 cm³/mol. The Bertz CT molecular complexity index is 2330. The van der Waals surface area contributed by atoms with Crippen LogP contribution in [-0.2, 0) is 7.05 Å². The van der Waals surface area contributed by atoms with E-state index in [-0.39, 0.29) is 24.0 Å². The molecule has 0 saturated carbocycles. The maximum Gasteiger partial charge on any atom is 0.415 e. The average molecular weight is 859 g/mol. The van der Waals surface area contributed by atoms with Crippen molar-refractivity contribution < 1.29 is 28.7 Å². The topological polar surface area (TPSA) is 164 Å². The van der Waals surface area contributed by atoms with E-state index >= 15 is 0 Å². The molecule has 0 spiro atoms. The molecule has 14 nitrogen and oxygen atoms in total.